The van der Waals surface area contributed by atoms with Crippen LogP contribution in [0, 0.1) is 0 Å². The maximum atomic E-state index is 5.19. The minimum absolute atomic E-state index is 0.0712. The minimum atomic E-state index is -0.0712. The van der Waals surface area contributed by atoms with Gasteiger partial charge in [-0.15, -0.1) is 0 Å². The summed E-state index contributed by atoms with van der Waals surface area (Å²) in [5, 5.41) is 3.83. The van der Waals surface area contributed by atoms with E-state index in [1.54, 1.807) is 0 Å². The maximum absolute atomic E-state index is 5.19. The lowest BCUT2D eigenvalue weighted by Crippen LogP contribution is -2.19. The number of fused-ring (bicyclic) bond motifs is 5. The van der Waals surface area contributed by atoms with Crippen molar-refractivity contribution in [3.05, 3.63) is 175 Å². The highest BCUT2D eigenvalue weighted by molar-refractivity contribution is 5.83. The Labute approximate surface area is 272 Å². The molecule has 5 heteroatoms. The zero-order valence-electron chi connectivity index (χ0n) is 25.5. The summed E-state index contributed by atoms with van der Waals surface area (Å²) in [7, 11) is 0. The summed E-state index contributed by atoms with van der Waals surface area (Å²) in [4.78, 5) is 15.3. The van der Waals surface area contributed by atoms with Gasteiger partial charge in [0.1, 0.15) is 17.2 Å². The molecule has 0 amide bonds. The molecule has 0 bridgehead atoms. The predicted octanol–water partition coefficient (Wildman–Crippen LogP) is 9.97. The molecular weight excluding hydrogens is 574 g/mol. The predicted molar refractivity (Wildman–Crippen MR) is 190 cm³/mol. The molecule has 0 saturated carbocycles. The average Bonchev–Trinajstić information content (AvgIpc) is 3.54. The van der Waals surface area contributed by atoms with Crippen molar-refractivity contribution in [3.63, 3.8) is 0 Å². The molecule has 0 saturated heterocycles. The molecule has 222 valence electrons. The monoisotopic (exact) mass is 603 g/mol. The molecular formula is C42H29N5. The van der Waals surface area contributed by atoms with Crippen molar-refractivity contribution in [1.29, 1.82) is 0 Å². The van der Waals surface area contributed by atoms with Crippen molar-refractivity contribution in [2.24, 2.45) is 0 Å². The van der Waals surface area contributed by atoms with E-state index in [-0.39, 0.29) is 6.04 Å². The fourth-order valence-corrected chi connectivity index (χ4v) is 6.59. The normalized spacial score (nSPS) is 13.5. The molecule has 1 aliphatic heterocycles. The fraction of sp³-hybridized carbons (Fsp3) is 0.0238. The number of nitrogens with zero attached hydrogens (tertiary/aromatic N) is 4. The Morgan fingerprint density at radius 1 is 0.489 bits per heavy atom. The fourth-order valence-electron chi connectivity index (χ4n) is 6.59. The Bertz CT molecular complexity index is 2400. The van der Waals surface area contributed by atoms with Crippen molar-refractivity contribution in [3.8, 4) is 56.3 Å². The molecule has 4 heterocycles. The molecule has 5 aromatic carbocycles. The Balaban J connectivity index is 1.17. The molecule has 1 aliphatic rings. The van der Waals surface area contributed by atoms with Gasteiger partial charge in [-0.3, -0.25) is 4.40 Å². The number of hydrogen-bond acceptors (Lipinski definition) is 4. The van der Waals surface area contributed by atoms with Crippen LogP contribution in [0.3, 0.4) is 0 Å². The molecule has 3 aromatic heterocycles. The molecule has 5 nitrogen and oxygen atoms in total. The number of pyridine rings is 1. The lowest BCUT2D eigenvalue weighted by atomic mass is 9.89. The van der Waals surface area contributed by atoms with Gasteiger partial charge in [0.15, 0.2) is 5.82 Å². The van der Waals surface area contributed by atoms with Crippen molar-refractivity contribution < 1.29 is 0 Å². The summed E-state index contributed by atoms with van der Waals surface area (Å²) < 4.78 is 2.13. The van der Waals surface area contributed by atoms with E-state index in [0.717, 1.165) is 61.9 Å². The van der Waals surface area contributed by atoms with Crippen LogP contribution in [-0.4, -0.2) is 19.4 Å². The third-order valence-electron chi connectivity index (χ3n) is 8.88. The smallest absolute Gasteiger partial charge is 0.160 e. The van der Waals surface area contributed by atoms with Crippen LogP contribution in [0.15, 0.2) is 164 Å². The van der Waals surface area contributed by atoms with E-state index in [9.17, 15) is 0 Å². The van der Waals surface area contributed by atoms with Gasteiger partial charge in [-0.1, -0.05) is 127 Å². The average molecular weight is 604 g/mol. The zero-order chi connectivity index (χ0) is 31.2. The molecule has 1 atom stereocenters. The first-order valence-electron chi connectivity index (χ1n) is 15.8. The number of nitrogens with one attached hydrogen (secondary N) is 1. The van der Waals surface area contributed by atoms with Crippen LogP contribution in [0.5, 0.6) is 0 Å². The van der Waals surface area contributed by atoms with Gasteiger partial charge in [-0.2, -0.15) is 0 Å². The molecule has 0 spiro atoms. The van der Waals surface area contributed by atoms with Crippen LogP contribution >= 0.6 is 0 Å². The highest BCUT2D eigenvalue weighted by Gasteiger charge is 2.29. The molecule has 47 heavy (non-hydrogen) atoms. The summed E-state index contributed by atoms with van der Waals surface area (Å²) in [6, 6.07) is 54.7. The molecule has 8 aromatic rings. The van der Waals surface area contributed by atoms with Crippen molar-refractivity contribution in [2.45, 2.75) is 6.04 Å². The summed E-state index contributed by atoms with van der Waals surface area (Å²) in [5.41, 5.74) is 12.5. The van der Waals surface area contributed by atoms with Gasteiger partial charge in [0.05, 0.1) is 17.4 Å². The summed E-state index contributed by atoms with van der Waals surface area (Å²) in [6.07, 6.45) is 2.06. The van der Waals surface area contributed by atoms with Gasteiger partial charge in [0, 0.05) is 28.5 Å². The Morgan fingerprint density at radius 3 is 2.00 bits per heavy atom. The van der Waals surface area contributed by atoms with Gasteiger partial charge in [-0.25, -0.2) is 15.0 Å². The van der Waals surface area contributed by atoms with Gasteiger partial charge in [-0.05, 0) is 52.6 Å². The van der Waals surface area contributed by atoms with Gasteiger partial charge >= 0.3 is 0 Å². The molecule has 9 rings (SSSR count). The Morgan fingerprint density at radius 2 is 1.15 bits per heavy atom. The first-order chi connectivity index (χ1) is 23.3. The highest BCUT2D eigenvalue weighted by atomic mass is 15.2. The number of aromatic nitrogens is 4. The number of rotatable bonds is 5. The highest BCUT2D eigenvalue weighted by Crippen LogP contribution is 2.43. The molecule has 1 N–H and O–H groups in total. The number of imidazole rings is 1. The van der Waals surface area contributed by atoms with E-state index < -0.39 is 0 Å². The summed E-state index contributed by atoms with van der Waals surface area (Å²) in [5.74, 6) is 1.69. The maximum Gasteiger partial charge on any atom is 0.160 e. The van der Waals surface area contributed by atoms with Crippen LogP contribution in [0.4, 0.5) is 5.82 Å². The second-order valence-corrected chi connectivity index (χ2v) is 11.8. The minimum Gasteiger partial charge on any atom is -0.358 e. The summed E-state index contributed by atoms with van der Waals surface area (Å²) in [6.45, 7) is 0. The second kappa shape index (κ2) is 11.2. The third kappa shape index (κ3) is 4.86. The number of hydrogen-bond donors (Lipinski definition) is 1. The van der Waals surface area contributed by atoms with Crippen LogP contribution in [-0.2, 0) is 0 Å². The SMILES string of the molecule is c1ccc(-c2cccc(-c3cc(-c4ccccc4)nc(-c4cccc(C5Nc6c(nc7ccccn67)-c6ccccc65)c4)n3)c2)cc1. The molecule has 0 fully saturated rings. The first kappa shape index (κ1) is 27.0. The third-order valence-corrected chi connectivity index (χ3v) is 8.88. The van der Waals surface area contributed by atoms with Gasteiger partial charge < -0.3 is 5.32 Å². The van der Waals surface area contributed by atoms with E-state index in [1.165, 1.54) is 11.1 Å². The first-order valence-corrected chi connectivity index (χ1v) is 15.8. The zero-order valence-corrected chi connectivity index (χ0v) is 25.5. The standard InChI is InChI=1S/C42H29N5/c1-3-13-28(14-4-1)30-17-11-18-31(25-30)37-27-36(29-15-5-2-6-16-29)43-41(44-37)33-20-12-19-32(26-33)39-34-21-7-8-22-35(34)40-42(46-39)47-24-10-9-23-38(47)45-40/h1-27,39,46H. The van der Waals surface area contributed by atoms with E-state index in [4.69, 9.17) is 15.0 Å². The molecule has 0 radical (unpaired) electrons. The van der Waals surface area contributed by atoms with E-state index in [1.807, 2.05) is 42.5 Å². The lowest BCUT2D eigenvalue weighted by Gasteiger charge is -2.28. The van der Waals surface area contributed by atoms with E-state index in [2.05, 4.69) is 131 Å². The van der Waals surface area contributed by atoms with E-state index in [0.29, 0.717) is 5.82 Å². The van der Waals surface area contributed by atoms with Crippen LogP contribution in [0.25, 0.3) is 61.9 Å². The number of benzene rings is 5. The van der Waals surface area contributed by atoms with Crippen LogP contribution in [0.1, 0.15) is 17.2 Å². The second-order valence-electron chi connectivity index (χ2n) is 11.8. The lowest BCUT2D eigenvalue weighted by molar-refractivity contribution is 0.910. The van der Waals surface area contributed by atoms with Gasteiger partial charge in [0.25, 0.3) is 0 Å². The Kier molecular flexibility index (Phi) is 6.46. The summed E-state index contributed by atoms with van der Waals surface area (Å²) >= 11 is 0. The van der Waals surface area contributed by atoms with Crippen molar-refractivity contribution >= 4 is 11.5 Å². The van der Waals surface area contributed by atoms with Crippen LogP contribution < -0.4 is 5.32 Å². The topological polar surface area (TPSA) is 55.1 Å². The number of anilines is 1. The molecule has 1 unspecified atom stereocenters. The Hall–Kier alpha value is -6.33. The van der Waals surface area contributed by atoms with E-state index >= 15 is 0 Å². The largest absolute Gasteiger partial charge is 0.358 e. The van der Waals surface area contributed by atoms with Crippen molar-refractivity contribution in [2.75, 3.05) is 5.32 Å². The quantitative estimate of drug-likeness (QED) is 0.213. The van der Waals surface area contributed by atoms with Crippen molar-refractivity contribution in [1.82, 2.24) is 19.4 Å². The van der Waals surface area contributed by atoms with Gasteiger partial charge in [0.2, 0.25) is 0 Å². The molecule has 0 aliphatic carbocycles. The van der Waals surface area contributed by atoms with Crippen LogP contribution in [0.2, 0.25) is 0 Å².